The molecule has 2 saturated heterocycles. The summed E-state index contributed by atoms with van der Waals surface area (Å²) in [6.07, 6.45) is -3.54. The third-order valence-corrected chi connectivity index (χ3v) is 4.59. The van der Waals surface area contributed by atoms with E-state index in [1.807, 2.05) is 5.32 Å². The lowest BCUT2D eigenvalue weighted by molar-refractivity contribution is -0.123. The average Bonchev–Trinajstić information content (AvgIpc) is 2.45. The first-order chi connectivity index (χ1) is 10.3. The molecule has 0 aromatic heterocycles. The van der Waals surface area contributed by atoms with Crippen molar-refractivity contribution in [3.8, 4) is 0 Å². The molecule has 1 N–H and O–H groups in total. The summed E-state index contributed by atoms with van der Waals surface area (Å²) >= 11 is 0. The molecule has 5 nitrogen and oxygen atoms in total. The van der Waals surface area contributed by atoms with Gasteiger partial charge in [-0.05, 0) is 19.4 Å². The molecule has 2 aliphatic rings. The van der Waals surface area contributed by atoms with Gasteiger partial charge in [0.25, 0.3) is 0 Å². The van der Waals surface area contributed by atoms with Gasteiger partial charge in [0, 0.05) is 45.3 Å². The number of nitrogens with zero attached hydrogens (tertiary/aromatic N) is 3. The highest BCUT2D eigenvalue weighted by molar-refractivity contribution is 5.74. The molecule has 0 bridgehead atoms. The van der Waals surface area contributed by atoms with Crippen LogP contribution in [0.2, 0.25) is 0 Å². The highest BCUT2D eigenvalue weighted by Crippen LogP contribution is 2.23. The summed E-state index contributed by atoms with van der Waals surface area (Å²) in [5, 5.41) is 1.95. The molecule has 0 saturated carbocycles. The Morgan fingerprint density at radius 1 is 1.18 bits per heavy atom. The van der Waals surface area contributed by atoms with E-state index in [9.17, 15) is 18.0 Å². The van der Waals surface area contributed by atoms with E-state index in [0.29, 0.717) is 19.1 Å². The van der Waals surface area contributed by atoms with E-state index in [0.717, 1.165) is 32.6 Å². The number of nitrogens with one attached hydrogen (secondary N) is 1. The minimum Gasteiger partial charge on any atom is -0.329 e. The molecule has 0 aromatic carbocycles. The summed E-state index contributed by atoms with van der Waals surface area (Å²) in [4.78, 5) is 18.1. The van der Waals surface area contributed by atoms with E-state index in [2.05, 4.69) is 23.8 Å². The van der Waals surface area contributed by atoms with Crippen molar-refractivity contribution < 1.29 is 18.0 Å². The third-order valence-electron chi connectivity index (χ3n) is 4.59. The Kier molecular flexibility index (Phi) is 5.55. The number of hydrogen-bond donors (Lipinski definition) is 1. The van der Waals surface area contributed by atoms with Gasteiger partial charge >= 0.3 is 12.2 Å². The van der Waals surface area contributed by atoms with E-state index >= 15 is 0 Å². The van der Waals surface area contributed by atoms with Crippen LogP contribution in [0.4, 0.5) is 18.0 Å². The third kappa shape index (κ3) is 4.74. The molecule has 2 heterocycles. The predicted octanol–water partition coefficient (Wildman–Crippen LogP) is 1.22. The highest BCUT2D eigenvalue weighted by Gasteiger charge is 2.34. The van der Waals surface area contributed by atoms with Crippen LogP contribution < -0.4 is 5.32 Å². The van der Waals surface area contributed by atoms with Crippen molar-refractivity contribution in [1.29, 1.82) is 0 Å². The summed E-state index contributed by atoms with van der Waals surface area (Å²) in [6.45, 7) is 5.96. The van der Waals surface area contributed by atoms with Crippen molar-refractivity contribution in [1.82, 2.24) is 20.0 Å². The van der Waals surface area contributed by atoms with Crippen molar-refractivity contribution in [2.75, 3.05) is 52.9 Å². The fourth-order valence-corrected chi connectivity index (χ4v) is 3.30. The predicted molar refractivity (Wildman–Crippen MR) is 77.7 cm³/mol. The summed E-state index contributed by atoms with van der Waals surface area (Å²) < 4.78 is 36.5. The Hall–Kier alpha value is -1.02. The molecular weight excluding hydrogens is 297 g/mol. The fraction of sp³-hybridized carbons (Fsp3) is 0.929. The van der Waals surface area contributed by atoms with E-state index in [-0.39, 0.29) is 5.92 Å². The van der Waals surface area contributed by atoms with Crippen LogP contribution in [-0.2, 0) is 0 Å². The number of carbonyl (C=O) groups excluding carboxylic acids is 1. The van der Waals surface area contributed by atoms with Crippen molar-refractivity contribution >= 4 is 6.03 Å². The lowest BCUT2D eigenvalue weighted by atomic mass is 9.92. The van der Waals surface area contributed by atoms with Gasteiger partial charge in [-0.1, -0.05) is 6.92 Å². The first-order valence-corrected chi connectivity index (χ1v) is 7.78. The van der Waals surface area contributed by atoms with Crippen molar-refractivity contribution in [3.05, 3.63) is 0 Å². The molecule has 2 amide bonds. The first-order valence-electron chi connectivity index (χ1n) is 7.78. The number of halogens is 3. The number of rotatable bonds is 2. The number of piperidine rings is 1. The summed E-state index contributed by atoms with van der Waals surface area (Å²) in [5.74, 6) is 0.272. The second-order valence-corrected chi connectivity index (χ2v) is 6.39. The number of likely N-dealkylation sites (N-methyl/N-ethyl adjacent to an activating group) is 1. The fourth-order valence-electron chi connectivity index (χ4n) is 3.30. The molecule has 22 heavy (non-hydrogen) atoms. The number of carbonyl (C=O) groups is 1. The lowest BCUT2D eigenvalue weighted by Crippen LogP contribution is -2.57. The Morgan fingerprint density at radius 2 is 1.82 bits per heavy atom. The van der Waals surface area contributed by atoms with Gasteiger partial charge < -0.3 is 15.1 Å². The Morgan fingerprint density at radius 3 is 2.36 bits per heavy atom. The Bertz CT molecular complexity index is 383. The van der Waals surface area contributed by atoms with Crippen molar-refractivity contribution in [3.63, 3.8) is 0 Å². The van der Waals surface area contributed by atoms with Crippen LogP contribution in [0.5, 0.6) is 0 Å². The molecule has 2 aliphatic heterocycles. The van der Waals surface area contributed by atoms with E-state index in [1.165, 1.54) is 4.90 Å². The average molecular weight is 322 g/mol. The van der Waals surface area contributed by atoms with Gasteiger partial charge in [-0.15, -0.1) is 0 Å². The number of alkyl halides is 3. The maximum Gasteiger partial charge on any atom is 0.405 e. The smallest absolute Gasteiger partial charge is 0.329 e. The minimum atomic E-state index is -4.36. The Labute approximate surface area is 129 Å². The lowest BCUT2D eigenvalue weighted by Gasteiger charge is -2.45. The molecule has 128 valence electrons. The zero-order chi connectivity index (χ0) is 16.3. The highest BCUT2D eigenvalue weighted by atomic mass is 19.4. The van der Waals surface area contributed by atoms with Crippen LogP contribution in [0.1, 0.15) is 13.3 Å². The van der Waals surface area contributed by atoms with Gasteiger partial charge in [-0.2, -0.15) is 13.2 Å². The van der Waals surface area contributed by atoms with E-state index < -0.39 is 18.8 Å². The first kappa shape index (κ1) is 17.3. The largest absolute Gasteiger partial charge is 0.405 e. The van der Waals surface area contributed by atoms with E-state index in [1.54, 1.807) is 0 Å². The topological polar surface area (TPSA) is 38.8 Å². The van der Waals surface area contributed by atoms with Gasteiger partial charge in [0.05, 0.1) is 0 Å². The van der Waals surface area contributed by atoms with Gasteiger partial charge in [-0.25, -0.2) is 4.79 Å². The number of hydrogen-bond acceptors (Lipinski definition) is 3. The zero-order valence-electron chi connectivity index (χ0n) is 13.2. The van der Waals surface area contributed by atoms with Crippen LogP contribution in [0.15, 0.2) is 0 Å². The van der Waals surface area contributed by atoms with Crippen LogP contribution >= 0.6 is 0 Å². The molecular formula is C14H25F3N4O. The summed E-state index contributed by atoms with van der Waals surface area (Å²) in [6, 6.07) is -0.193. The maximum absolute atomic E-state index is 12.2. The molecule has 2 atom stereocenters. The molecule has 0 unspecified atom stereocenters. The van der Waals surface area contributed by atoms with Crippen LogP contribution in [-0.4, -0.2) is 85.8 Å². The standard InChI is InChI=1S/C14H25F3N4O/c1-11-9-21(13(22)18-10-14(15,16)17)4-3-12(11)20-7-5-19(2)6-8-20/h11-12H,3-10H2,1-2H3,(H,18,22)/t11-,12+/m1/s1. The van der Waals surface area contributed by atoms with Gasteiger partial charge in [0.1, 0.15) is 6.54 Å². The summed E-state index contributed by atoms with van der Waals surface area (Å²) in [5.41, 5.74) is 0. The number of likely N-dealkylation sites (tertiary alicyclic amines) is 1. The number of piperazine rings is 1. The normalized spacial score (nSPS) is 28.7. The number of amides is 2. The zero-order valence-corrected chi connectivity index (χ0v) is 13.2. The van der Waals surface area contributed by atoms with Gasteiger partial charge in [-0.3, -0.25) is 4.90 Å². The monoisotopic (exact) mass is 322 g/mol. The molecule has 0 radical (unpaired) electrons. The Balaban J connectivity index is 1.80. The maximum atomic E-state index is 12.2. The second kappa shape index (κ2) is 7.04. The molecule has 2 rings (SSSR count). The number of urea groups is 1. The molecule has 8 heteroatoms. The van der Waals surface area contributed by atoms with Crippen LogP contribution in [0.3, 0.4) is 0 Å². The van der Waals surface area contributed by atoms with Crippen LogP contribution in [0.25, 0.3) is 0 Å². The minimum absolute atomic E-state index is 0.272. The quantitative estimate of drug-likeness (QED) is 0.831. The molecule has 0 aliphatic carbocycles. The SMILES string of the molecule is C[C@@H]1CN(C(=O)NCC(F)(F)F)CC[C@@H]1N1CCN(C)CC1. The second-order valence-electron chi connectivity index (χ2n) is 6.39. The van der Waals surface area contributed by atoms with Gasteiger partial charge in [0.15, 0.2) is 0 Å². The van der Waals surface area contributed by atoms with Gasteiger partial charge in [0.2, 0.25) is 0 Å². The van der Waals surface area contributed by atoms with E-state index in [4.69, 9.17) is 0 Å². The van der Waals surface area contributed by atoms with Crippen molar-refractivity contribution in [2.45, 2.75) is 25.6 Å². The molecule has 0 aromatic rings. The van der Waals surface area contributed by atoms with Crippen molar-refractivity contribution in [2.24, 2.45) is 5.92 Å². The summed E-state index contributed by atoms with van der Waals surface area (Å²) in [7, 11) is 2.11. The molecule has 2 fully saturated rings. The van der Waals surface area contributed by atoms with Crippen LogP contribution in [0, 0.1) is 5.92 Å². The molecule has 0 spiro atoms.